The van der Waals surface area contributed by atoms with Crippen LogP contribution in [0.1, 0.15) is 16.8 Å². The topological polar surface area (TPSA) is 46.9 Å². The Balaban J connectivity index is 1.97. The molecule has 0 fully saturated rings. The first-order valence-corrected chi connectivity index (χ1v) is 6.88. The van der Waals surface area contributed by atoms with Crippen LogP contribution >= 0.6 is 0 Å². The Kier molecular flexibility index (Phi) is 3.22. The number of hydrogen-bond donors (Lipinski definition) is 1. The lowest BCUT2D eigenvalue weighted by atomic mass is 10.1. The Morgan fingerprint density at radius 2 is 1.71 bits per heavy atom. The summed E-state index contributed by atoms with van der Waals surface area (Å²) in [6.07, 6.45) is 0. The van der Waals surface area contributed by atoms with Gasteiger partial charge in [0, 0.05) is 11.1 Å². The van der Waals surface area contributed by atoms with Crippen LogP contribution in [0.3, 0.4) is 0 Å². The Morgan fingerprint density at radius 3 is 2.43 bits per heavy atom. The van der Waals surface area contributed by atoms with Gasteiger partial charge in [0.25, 0.3) is 0 Å². The highest BCUT2D eigenvalue weighted by Crippen LogP contribution is 2.19. The van der Waals surface area contributed by atoms with Crippen molar-refractivity contribution >= 4 is 22.6 Å². The number of nitrogens with one attached hydrogen (secondary N) is 1. The van der Waals surface area contributed by atoms with E-state index in [-0.39, 0.29) is 6.03 Å². The number of carbonyl (C=O) groups excluding carboxylic acids is 1. The number of anilines is 1. The number of para-hydroxylation sites is 1. The van der Waals surface area contributed by atoms with E-state index in [1.54, 1.807) is 0 Å². The first-order chi connectivity index (χ1) is 10.0. The minimum atomic E-state index is -0.246. The summed E-state index contributed by atoms with van der Waals surface area (Å²) in [7, 11) is 0. The average molecular weight is 279 g/mol. The minimum Gasteiger partial charge on any atom is -0.306 e. The number of hydrogen-bond acceptors (Lipinski definition) is 2. The van der Waals surface area contributed by atoms with Crippen LogP contribution in [0.2, 0.25) is 0 Å². The normalized spacial score (nSPS) is 10.8. The van der Waals surface area contributed by atoms with Gasteiger partial charge in [-0.05, 0) is 50.1 Å². The summed E-state index contributed by atoms with van der Waals surface area (Å²) in [6.45, 7) is 5.93. The first-order valence-electron chi connectivity index (χ1n) is 6.88. The van der Waals surface area contributed by atoms with Gasteiger partial charge in [-0.15, -0.1) is 0 Å². The fourth-order valence-electron chi connectivity index (χ4n) is 2.60. The molecule has 0 aliphatic rings. The molecule has 1 amide bonds. The Hall–Kier alpha value is -2.62. The molecule has 0 saturated carbocycles. The van der Waals surface area contributed by atoms with E-state index >= 15 is 0 Å². The highest BCUT2D eigenvalue weighted by Gasteiger charge is 2.13. The van der Waals surface area contributed by atoms with Crippen molar-refractivity contribution in [3.63, 3.8) is 0 Å². The molecule has 21 heavy (non-hydrogen) atoms. The maximum absolute atomic E-state index is 12.5. The molecule has 1 N–H and O–H groups in total. The van der Waals surface area contributed by atoms with Crippen molar-refractivity contribution in [2.45, 2.75) is 20.8 Å². The van der Waals surface area contributed by atoms with Crippen LogP contribution < -0.4 is 5.32 Å². The van der Waals surface area contributed by atoms with Crippen LogP contribution in [-0.4, -0.2) is 15.8 Å². The first kappa shape index (κ1) is 13.4. The fraction of sp³-hybridized carbons (Fsp3) is 0.176. The number of nitrogens with zero attached hydrogens (tertiary/aromatic N) is 2. The second kappa shape index (κ2) is 5.05. The van der Waals surface area contributed by atoms with E-state index < -0.39 is 0 Å². The molecule has 0 radical (unpaired) electrons. The smallest absolute Gasteiger partial charge is 0.306 e. The standard InChI is InChI=1S/C17H17N3O/c1-11-8-12(2)10-14(9-11)18-17(21)20-16-7-5-4-6-15(16)13(3)19-20/h4-10H,1-3H3,(H,18,21). The van der Waals surface area contributed by atoms with Crippen LogP contribution in [0.15, 0.2) is 42.5 Å². The van der Waals surface area contributed by atoms with Gasteiger partial charge in [0.1, 0.15) is 0 Å². The number of carbonyl (C=O) groups is 1. The number of aryl methyl sites for hydroxylation is 3. The Bertz CT molecular complexity index is 813. The van der Waals surface area contributed by atoms with Crippen LogP contribution in [0.4, 0.5) is 10.5 Å². The van der Waals surface area contributed by atoms with Crippen molar-refractivity contribution in [1.82, 2.24) is 9.78 Å². The molecule has 4 nitrogen and oxygen atoms in total. The number of amides is 1. The molecule has 2 aromatic carbocycles. The zero-order chi connectivity index (χ0) is 15.0. The summed E-state index contributed by atoms with van der Waals surface area (Å²) in [5, 5.41) is 8.24. The van der Waals surface area contributed by atoms with Crippen molar-refractivity contribution in [2.75, 3.05) is 5.32 Å². The van der Waals surface area contributed by atoms with Gasteiger partial charge in [0.2, 0.25) is 0 Å². The lowest BCUT2D eigenvalue weighted by Gasteiger charge is -2.08. The second-order valence-electron chi connectivity index (χ2n) is 5.32. The molecule has 1 aromatic heterocycles. The minimum absolute atomic E-state index is 0.246. The van der Waals surface area contributed by atoms with Gasteiger partial charge in [-0.3, -0.25) is 0 Å². The zero-order valence-electron chi connectivity index (χ0n) is 12.3. The van der Waals surface area contributed by atoms with Crippen LogP contribution in [0, 0.1) is 20.8 Å². The quantitative estimate of drug-likeness (QED) is 0.730. The number of fused-ring (bicyclic) bond motifs is 1. The van der Waals surface area contributed by atoms with E-state index in [4.69, 9.17) is 0 Å². The number of rotatable bonds is 1. The van der Waals surface area contributed by atoms with Crippen molar-refractivity contribution < 1.29 is 4.79 Å². The highest BCUT2D eigenvalue weighted by atomic mass is 16.2. The molecule has 106 valence electrons. The lowest BCUT2D eigenvalue weighted by Crippen LogP contribution is -2.20. The van der Waals surface area contributed by atoms with Crippen molar-refractivity contribution in [3.8, 4) is 0 Å². The molecule has 0 bridgehead atoms. The third-order valence-corrected chi connectivity index (χ3v) is 3.44. The van der Waals surface area contributed by atoms with Gasteiger partial charge in [-0.1, -0.05) is 24.3 Å². The predicted octanol–water partition coefficient (Wildman–Crippen LogP) is 4.04. The van der Waals surface area contributed by atoms with E-state index in [9.17, 15) is 4.79 Å². The van der Waals surface area contributed by atoms with E-state index in [2.05, 4.69) is 16.5 Å². The molecule has 4 heteroatoms. The van der Waals surface area contributed by atoms with Crippen molar-refractivity contribution in [1.29, 1.82) is 0 Å². The van der Waals surface area contributed by atoms with Gasteiger partial charge in [-0.25, -0.2) is 4.79 Å². The molecule has 0 unspecified atom stereocenters. The van der Waals surface area contributed by atoms with Crippen LogP contribution in [0.5, 0.6) is 0 Å². The number of aromatic nitrogens is 2. The van der Waals surface area contributed by atoms with E-state index in [0.717, 1.165) is 33.4 Å². The van der Waals surface area contributed by atoms with E-state index in [1.165, 1.54) is 4.68 Å². The lowest BCUT2D eigenvalue weighted by molar-refractivity contribution is 0.251. The maximum Gasteiger partial charge on any atom is 0.347 e. The van der Waals surface area contributed by atoms with Gasteiger partial charge in [-0.2, -0.15) is 9.78 Å². The summed E-state index contributed by atoms with van der Waals surface area (Å²) in [5.41, 5.74) is 4.69. The third-order valence-electron chi connectivity index (χ3n) is 3.44. The molecular formula is C17H17N3O. The largest absolute Gasteiger partial charge is 0.347 e. The van der Waals surface area contributed by atoms with Gasteiger partial charge in [0.15, 0.2) is 0 Å². The molecule has 0 spiro atoms. The summed E-state index contributed by atoms with van der Waals surface area (Å²) in [6, 6.07) is 13.4. The van der Waals surface area contributed by atoms with E-state index in [0.29, 0.717) is 0 Å². The molecular weight excluding hydrogens is 262 g/mol. The molecule has 3 aromatic rings. The molecule has 0 aliphatic heterocycles. The molecule has 0 atom stereocenters. The molecule has 3 rings (SSSR count). The monoisotopic (exact) mass is 279 g/mol. The molecule has 1 heterocycles. The summed E-state index contributed by atoms with van der Waals surface area (Å²) in [4.78, 5) is 12.5. The third kappa shape index (κ3) is 2.52. The predicted molar refractivity (Wildman–Crippen MR) is 84.8 cm³/mol. The van der Waals surface area contributed by atoms with Crippen LogP contribution in [0.25, 0.3) is 10.9 Å². The molecule has 0 saturated heterocycles. The fourth-order valence-corrected chi connectivity index (χ4v) is 2.60. The number of benzene rings is 2. The second-order valence-corrected chi connectivity index (χ2v) is 5.32. The van der Waals surface area contributed by atoms with Gasteiger partial charge < -0.3 is 5.32 Å². The van der Waals surface area contributed by atoms with Crippen molar-refractivity contribution in [2.24, 2.45) is 0 Å². The SMILES string of the molecule is Cc1cc(C)cc(NC(=O)n2nc(C)c3ccccc32)c1. The van der Waals surface area contributed by atoms with Crippen molar-refractivity contribution in [3.05, 3.63) is 59.3 Å². The van der Waals surface area contributed by atoms with E-state index in [1.807, 2.05) is 57.2 Å². The highest BCUT2D eigenvalue weighted by molar-refractivity contribution is 5.98. The Labute approximate surface area is 123 Å². The zero-order valence-corrected chi connectivity index (χ0v) is 12.3. The van der Waals surface area contributed by atoms with Gasteiger partial charge in [0.05, 0.1) is 11.2 Å². The Morgan fingerprint density at radius 1 is 1.05 bits per heavy atom. The maximum atomic E-state index is 12.5. The van der Waals surface area contributed by atoms with Crippen LogP contribution in [-0.2, 0) is 0 Å². The summed E-state index contributed by atoms with van der Waals surface area (Å²) < 4.78 is 1.42. The van der Waals surface area contributed by atoms with Gasteiger partial charge >= 0.3 is 6.03 Å². The summed E-state index contributed by atoms with van der Waals surface area (Å²) in [5.74, 6) is 0. The molecule has 0 aliphatic carbocycles. The summed E-state index contributed by atoms with van der Waals surface area (Å²) >= 11 is 0. The average Bonchev–Trinajstić information content (AvgIpc) is 2.76.